The van der Waals surface area contributed by atoms with Gasteiger partial charge in [-0.2, -0.15) is 0 Å². The van der Waals surface area contributed by atoms with Crippen molar-refractivity contribution in [3.8, 4) is 0 Å². The van der Waals surface area contributed by atoms with Crippen molar-refractivity contribution in [2.24, 2.45) is 0 Å². The quantitative estimate of drug-likeness (QED) is 0.608. The minimum atomic E-state index is -0.351. The van der Waals surface area contributed by atoms with E-state index in [1.807, 2.05) is 11.0 Å². The van der Waals surface area contributed by atoms with Crippen LogP contribution < -0.4 is 0 Å². The van der Waals surface area contributed by atoms with E-state index in [4.69, 9.17) is 21.1 Å². The normalized spacial score (nSPS) is 20.7. The van der Waals surface area contributed by atoms with Gasteiger partial charge in [0.1, 0.15) is 11.2 Å². The van der Waals surface area contributed by atoms with Crippen molar-refractivity contribution in [1.29, 1.82) is 0 Å². The zero-order valence-corrected chi connectivity index (χ0v) is 10.9. The van der Waals surface area contributed by atoms with Crippen molar-refractivity contribution >= 4 is 17.6 Å². The van der Waals surface area contributed by atoms with Crippen molar-refractivity contribution in [3.05, 3.63) is 29.0 Å². The van der Waals surface area contributed by atoms with Crippen LogP contribution in [0.5, 0.6) is 0 Å². The Bertz CT molecular complexity index is 428. The third kappa shape index (κ3) is 3.19. The summed E-state index contributed by atoms with van der Waals surface area (Å²) in [6, 6.07) is 3.33. The minimum absolute atomic E-state index is 0.269. The molecule has 0 spiro atoms. The molecule has 6 heteroatoms. The van der Waals surface area contributed by atoms with Gasteiger partial charge >= 0.3 is 5.97 Å². The number of hydrogen-bond acceptors (Lipinski definition) is 5. The summed E-state index contributed by atoms with van der Waals surface area (Å²) in [6.45, 7) is 2.31. The first kappa shape index (κ1) is 13.3. The second kappa shape index (κ2) is 6.13. The van der Waals surface area contributed by atoms with E-state index in [0.717, 1.165) is 5.56 Å². The molecule has 1 aliphatic heterocycles. The summed E-state index contributed by atoms with van der Waals surface area (Å²) in [5.41, 5.74) is 1.02. The number of ether oxygens (including phenoxy) is 2. The monoisotopic (exact) mass is 270 g/mol. The van der Waals surface area contributed by atoms with Crippen LogP contribution in [0.1, 0.15) is 5.56 Å². The van der Waals surface area contributed by atoms with Crippen molar-refractivity contribution in [2.75, 3.05) is 26.9 Å². The average Bonchev–Trinajstić information content (AvgIpc) is 2.38. The summed E-state index contributed by atoms with van der Waals surface area (Å²) in [5, 5.41) is 0.454. The van der Waals surface area contributed by atoms with Gasteiger partial charge in [0, 0.05) is 19.3 Å². The number of aromatic nitrogens is 1. The summed E-state index contributed by atoms with van der Waals surface area (Å²) in [6.07, 6.45) is 1.66. The molecule has 18 heavy (non-hydrogen) atoms. The Morgan fingerprint density at radius 3 is 3.28 bits per heavy atom. The third-order valence-corrected chi connectivity index (χ3v) is 3.10. The summed E-state index contributed by atoms with van der Waals surface area (Å²) >= 11 is 5.84. The Labute approximate surface area is 111 Å². The van der Waals surface area contributed by atoms with Crippen LogP contribution in [0.3, 0.4) is 0 Å². The van der Waals surface area contributed by atoms with Crippen LogP contribution in [0, 0.1) is 0 Å². The van der Waals surface area contributed by atoms with E-state index >= 15 is 0 Å². The predicted molar refractivity (Wildman–Crippen MR) is 66.3 cm³/mol. The topological polar surface area (TPSA) is 51.7 Å². The lowest BCUT2D eigenvalue weighted by Crippen LogP contribution is -2.49. The summed E-state index contributed by atoms with van der Waals surface area (Å²) in [7, 11) is 1.39. The Kier molecular flexibility index (Phi) is 4.52. The molecule has 2 heterocycles. The number of carbonyl (C=O) groups excluding carboxylic acids is 1. The maximum Gasteiger partial charge on any atom is 0.325 e. The molecule has 1 aliphatic rings. The average molecular weight is 271 g/mol. The lowest BCUT2D eigenvalue weighted by Gasteiger charge is -2.33. The largest absolute Gasteiger partial charge is 0.468 e. The van der Waals surface area contributed by atoms with E-state index in [1.165, 1.54) is 7.11 Å². The molecule has 5 nitrogen and oxygen atoms in total. The Morgan fingerprint density at radius 1 is 1.72 bits per heavy atom. The Balaban J connectivity index is 2.07. The van der Waals surface area contributed by atoms with Crippen molar-refractivity contribution < 1.29 is 14.3 Å². The highest BCUT2D eigenvalue weighted by Crippen LogP contribution is 2.15. The number of methoxy groups -OCH3 is 1. The molecule has 0 bridgehead atoms. The minimum Gasteiger partial charge on any atom is -0.468 e. The lowest BCUT2D eigenvalue weighted by atomic mass is 10.2. The number of nitrogens with zero attached hydrogens (tertiary/aromatic N) is 2. The highest BCUT2D eigenvalue weighted by Gasteiger charge is 2.30. The molecule has 1 unspecified atom stereocenters. The van der Waals surface area contributed by atoms with Gasteiger partial charge in [0.15, 0.2) is 0 Å². The number of pyridine rings is 1. The van der Waals surface area contributed by atoms with E-state index in [1.54, 1.807) is 12.3 Å². The summed E-state index contributed by atoms with van der Waals surface area (Å²) in [5.74, 6) is -0.269. The first-order valence-corrected chi connectivity index (χ1v) is 6.08. The van der Waals surface area contributed by atoms with Gasteiger partial charge in [-0.15, -0.1) is 0 Å². The molecule has 0 N–H and O–H groups in total. The van der Waals surface area contributed by atoms with Gasteiger partial charge in [0.05, 0.1) is 20.3 Å². The number of hydrogen-bond donors (Lipinski definition) is 0. The second-order valence-corrected chi connectivity index (χ2v) is 4.46. The smallest absolute Gasteiger partial charge is 0.325 e. The van der Waals surface area contributed by atoms with Gasteiger partial charge in [0.25, 0.3) is 0 Å². The van der Waals surface area contributed by atoms with E-state index in [2.05, 4.69) is 4.98 Å². The zero-order chi connectivity index (χ0) is 13.0. The van der Waals surface area contributed by atoms with E-state index in [0.29, 0.717) is 31.5 Å². The Hall–Kier alpha value is -1.17. The molecule has 0 amide bonds. The van der Waals surface area contributed by atoms with Crippen LogP contribution in [0.2, 0.25) is 5.15 Å². The fourth-order valence-corrected chi connectivity index (χ4v) is 2.15. The van der Waals surface area contributed by atoms with E-state index < -0.39 is 0 Å². The van der Waals surface area contributed by atoms with Crippen LogP contribution in [-0.4, -0.2) is 48.8 Å². The van der Waals surface area contributed by atoms with Crippen LogP contribution in [-0.2, 0) is 20.8 Å². The maximum atomic E-state index is 11.7. The second-order valence-electron chi connectivity index (χ2n) is 4.07. The zero-order valence-electron chi connectivity index (χ0n) is 10.1. The molecule has 1 aromatic rings. The molecule has 98 valence electrons. The van der Waals surface area contributed by atoms with Gasteiger partial charge in [-0.25, -0.2) is 4.98 Å². The number of esters is 1. The highest BCUT2D eigenvalue weighted by molar-refractivity contribution is 6.29. The van der Waals surface area contributed by atoms with Crippen molar-refractivity contribution in [3.63, 3.8) is 0 Å². The fourth-order valence-electron chi connectivity index (χ4n) is 1.96. The predicted octanol–water partition coefficient (Wildman–Crippen LogP) is 1.11. The van der Waals surface area contributed by atoms with Crippen molar-refractivity contribution in [1.82, 2.24) is 9.88 Å². The fraction of sp³-hybridized carbons (Fsp3) is 0.500. The SMILES string of the molecule is COC(=O)C1COCCN1Cc1ccnc(Cl)c1. The van der Waals surface area contributed by atoms with Gasteiger partial charge in [-0.1, -0.05) is 11.6 Å². The molecule has 0 radical (unpaired) electrons. The van der Waals surface area contributed by atoms with Crippen LogP contribution in [0.4, 0.5) is 0 Å². The molecular formula is C12H15ClN2O3. The molecular weight excluding hydrogens is 256 g/mol. The molecule has 1 aromatic heterocycles. The summed E-state index contributed by atoms with van der Waals surface area (Å²) in [4.78, 5) is 17.6. The van der Waals surface area contributed by atoms with Gasteiger partial charge in [-0.05, 0) is 17.7 Å². The maximum absolute atomic E-state index is 11.7. The number of carbonyl (C=O) groups is 1. The summed E-state index contributed by atoms with van der Waals surface area (Å²) < 4.78 is 10.1. The number of rotatable bonds is 3. The van der Waals surface area contributed by atoms with E-state index in [-0.39, 0.29) is 12.0 Å². The van der Waals surface area contributed by atoms with Crippen LogP contribution in [0.25, 0.3) is 0 Å². The molecule has 2 rings (SSSR count). The van der Waals surface area contributed by atoms with Gasteiger partial charge in [0.2, 0.25) is 0 Å². The molecule has 1 fully saturated rings. The van der Waals surface area contributed by atoms with Crippen LogP contribution in [0.15, 0.2) is 18.3 Å². The van der Waals surface area contributed by atoms with E-state index in [9.17, 15) is 4.79 Å². The van der Waals surface area contributed by atoms with Gasteiger partial charge < -0.3 is 9.47 Å². The highest BCUT2D eigenvalue weighted by atomic mass is 35.5. The molecule has 1 atom stereocenters. The van der Waals surface area contributed by atoms with Crippen LogP contribution >= 0.6 is 11.6 Å². The van der Waals surface area contributed by atoms with Gasteiger partial charge in [-0.3, -0.25) is 9.69 Å². The first-order valence-electron chi connectivity index (χ1n) is 5.71. The first-order chi connectivity index (χ1) is 8.70. The third-order valence-electron chi connectivity index (χ3n) is 2.89. The molecule has 0 saturated carbocycles. The number of morpholine rings is 1. The Morgan fingerprint density at radius 2 is 2.56 bits per heavy atom. The molecule has 0 aliphatic carbocycles. The molecule has 1 saturated heterocycles. The number of halogens is 1. The molecule has 0 aromatic carbocycles. The van der Waals surface area contributed by atoms with Crippen molar-refractivity contribution in [2.45, 2.75) is 12.6 Å². The lowest BCUT2D eigenvalue weighted by molar-refractivity contribution is -0.153. The standard InChI is InChI=1S/C12H15ClN2O3/c1-17-12(16)10-8-18-5-4-15(10)7-9-2-3-14-11(13)6-9/h2-3,6,10H,4-5,7-8H2,1H3.